The number of anilines is 1. The van der Waals surface area contributed by atoms with E-state index < -0.39 is 0 Å². The van der Waals surface area contributed by atoms with Crippen molar-refractivity contribution in [3.8, 4) is 5.75 Å². The molecule has 7 nitrogen and oxygen atoms in total. The molecule has 29 heavy (non-hydrogen) atoms. The molecule has 0 aliphatic carbocycles. The van der Waals surface area contributed by atoms with Gasteiger partial charge < -0.3 is 20.3 Å². The van der Waals surface area contributed by atoms with Crippen LogP contribution in [0, 0.1) is 20.8 Å². The summed E-state index contributed by atoms with van der Waals surface area (Å²) >= 11 is 6.32. The summed E-state index contributed by atoms with van der Waals surface area (Å²) in [6.45, 7) is 12.7. The zero-order chi connectivity index (χ0) is 20.6. The predicted molar refractivity (Wildman–Crippen MR) is 117 cm³/mol. The molecule has 0 saturated carbocycles. The van der Waals surface area contributed by atoms with Crippen molar-refractivity contribution < 1.29 is 4.74 Å². The molecule has 1 aliphatic heterocycles. The van der Waals surface area contributed by atoms with Gasteiger partial charge >= 0.3 is 0 Å². The largest absolute Gasteiger partial charge is 0.493 e. The van der Waals surface area contributed by atoms with Gasteiger partial charge in [-0.3, -0.25) is 4.98 Å². The molecular formula is C21H31ClN6O. The molecule has 1 aliphatic rings. The molecule has 3 rings (SSSR count). The zero-order valence-corrected chi connectivity index (χ0v) is 18.3. The van der Waals surface area contributed by atoms with Crippen LogP contribution < -0.4 is 15.4 Å². The van der Waals surface area contributed by atoms with Gasteiger partial charge in [-0.15, -0.1) is 0 Å². The number of ether oxygens (including phenoxy) is 1. The van der Waals surface area contributed by atoms with Crippen molar-refractivity contribution in [2.24, 2.45) is 0 Å². The number of piperazine rings is 1. The summed E-state index contributed by atoms with van der Waals surface area (Å²) in [5.41, 5.74) is 2.73. The van der Waals surface area contributed by atoms with E-state index >= 15 is 0 Å². The maximum absolute atomic E-state index is 6.32. The summed E-state index contributed by atoms with van der Waals surface area (Å²) in [5, 5.41) is 7.21. The van der Waals surface area contributed by atoms with Crippen molar-refractivity contribution in [2.45, 2.75) is 40.2 Å². The summed E-state index contributed by atoms with van der Waals surface area (Å²) in [4.78, 5) is 15.7. The first kappa shape index (κ1) is 21.7. The van der Waals surface area contributed by atoms with Crippen LogP contribution in [0.2, 0.25) is 5.02 Å². The minimum Gasteiger partial charge on any atom is -0.493 e. The number of hydrogen-bond donors (Lipinski definition) is 2. The van der Waals surface area contributed by atoms with E-state index in [0.29, 0.717) is 23.2 Å². The number of unbranched alkanes of at least 4 members (excludes halogenated alkanes) is 1. The summed E-state index contributed by atoms with van der Waals surface area (Å²) in [5.74, 6) is 2.22. The van der Waals surface area contributed by atoms with Crippen LogP contribution in [-0.2, 0) is 6.54 Å². The van der Waals surface area contributed by atoms with Crippen LogP contribution in [-0.4, -0.2) is 59.2 Å². The Labute approximate surface area is 178 Å². The van der Waals surface area contributed by atoms with Crippen LogP contribution in [0.5, 0.6) is 5.75 Å². The fourth-order valence-electron chi connectivity index (χ4n) is 3.43. The normalized spacial score (nSPS) is 14.8. The minimum absolute atomic E-state index is 0.529. The molecule has 158 valence electrons. The van der Waals surface area contributed by atoms with Gasteiger partial charge in [-0.05, 0) is 46.2 Å². The lowest BCUT2D eigenvalue weighted by atomic mass is 10.2. The molecule has 0 amide bonds. The van der Waals surface area contributed by atoms with E-state index in [-0.39, 0.29) is 0 Å². The molecule has 3 heterocycles. The number of halogens is 1. The second-order valence-corrected chi connectivity index (χ2v) is 7.78. The van der Waals surface area contributed by atoms with E-state index in [0.717, 1.165) is 74.9 Å². The molecule has 0 aromatic carbocycles. The van der Waals surface area contributed by atoms with Gasteiger partial charge in [0.1, 0.15) is 22.4 Å². The number of pyridine rings is 1. The quantitative estimate of drug-likeness (QED) is 0.606. The Hall–Kier alpha value is -1.96. The fraction of sp³-hybridized carbons (Fsp3) is 0.571. The van der Waals surface area contributed by atoms with Crippen molar-refractivity contribution in [3.05, 3.63) is 40.1 Å². The maximum atomic E-state index is 6.32. The number of hydrogen-bond acceptors (Lipinski definition) is 7. The van der Waals surface area contributed by atoms with Gasteiger partial charge in [0.25, 0.3) is 0 Å². The third kappa shape index (κ3) is 6.26. The second kappa shape index (κ2) is 10.7. The third-order valence-electron chi connectivity index (χ3n) is 5.15. The van der Waals surface area contributed by atoms with Gasteiger partial charge in [0.2, 0.25) is 0 Å². The molecule has 2 aromatic rings. The van der Waals surface area contributed by atoms with Gasteiger partial charge in [0, 0.05) is 37.9 Å². The van der Waals surface area contributed by atoms with Crippen molar-refractivity contribution in [3.63, 3.8) is 0 Å². The van der Waals surface area contributed by atoms with E-state index in [1.807, 2.05) is 26.8 Å². The molecule has 8 heteroatoms. The Bertz CT molecular complexity index is 810. The Kier molecular flexibility index (Phi) is 8.03. The average Bonchev–Trinajstić information content (AvgIpc) is 2.72. The number of nitrogens with one attached hydrogen (secondary N) is 2. The highest BCUT2D eigenvalue weighted by Gasteiger charge is 2.11. The van der Waals surface area contributed by atoms with Gasteiger partial charge in [-0.2, -0.15) is 0 Å². The molecule has 1 saturated heterocycles. The molecule has 0 unspecified atom stereocenters. The molecular weight excluding hydrogens is 388 g/mol. The van der Waals surface area contributed by atoms with Gasteiger partial charge in [0.05, 0.1) is 24.5 Å². The summed E-state index contributed by atoms with van der Waals surface area (Å²) in [6, 6.07) is 1.93. The first-order chi connectivity index (χ1) is 14.0. The SMILES string of the molecule is Cc1nc(C)c(Cl)c(NCc2nccc(OCCCCN3CCNCC3)c2C)n1. The van der Waals surface area contributed by atoms with Gasteiger partial charge in [-0.1, -0.05) is 11.6 Å². The van der Waals surface area contributed by atoms with Crippen molar-refractivity contribution in [2.75, 3.05) is 44.6 Å². The van der Waals surface area contributed by atoms with E-state index in [4.69, 9.17) is 16.3 Å². The lowest BCUT2D eigenvalue weighted by Crippen LogP contribution is -2.43. The number of aromatic nitrogens is 3. The molecule has 0 radical (unpaired) electrons. The van der Waals surface area contributed by atoms with Gasteiger partial charge in [0.15, 0.2) is 0 Å². The second-order valence-electron chi connectivity index (χ2n) is 7.40. The van der Waals surface area contributed by atoms with E-state index in [2.05, 4.69) is 30.5 Å². The Morgan fingerprint density at radius 2 is 1.97 bits per heavy atom. The Morgan fingerprint density at radius 1 is 1.17 bits per heavy atom. The lowest BCUT2D eigenvalue weighted by Gasteiger charge is -2.27. The summed E-state index contributed by atoms with van der Waals surface area (Å²) < 4.78 is 6.03. The topological polar surface area (TPSA) is 75.2 Å². The Morgan fingerprint density at radius 3 is 2.76 bits per heavy atom. The molecule has 0 bridgehead atoms. The van der Waals surface area contributed by atoms with Crippen LogP contribution in [0.3, 0.4) is 0 Å². The standard InChI is InChI=1S/C21H31ClN6O/c1-15-18(14-25-21-20(22)16(2)26-17(3)27-21)24-7-6-19(15)29-13-5-4-10-28-11-8-23-9-12-28/h6-7,23H,4-5,8-14H2,1-3H3,(H,25,26,27). The van der Waals surface area contributed by atoms with E-state index in [9.17, 15) is 0 Å². The highest BCUT2D eigenvalue weighted by atomic mass is 35.5. The van der Waals surface area contributed by atoms with Crippen molar-refractivity contribution in [1.82, 2.24) is 25.2 Å². The van der Waals surface area contributed by atoms with Crippen LogP contribution in [0.4, 0.5) is 5.82 Å². The monoisotopic (exact) mass is 418 g/mol. The summed E-state index contributed by atoms with van der Waals surface area (Å²) in [6.07, 6.45) is 4.00. The maximum Gasteiger partial charge on any atom is 0.149 e. The molecule has 2 aromatic heterocycles. The average molecular weight is 419 g/mol. The van der Waals surface area contributed by atoms with Crippen LogP contribution in [0.1, 0.15) is 35.6 Å². The highest BCUT2D eigenvalue weighted by Crippen LogP contribution is 2.24. The highest BCUT2D eigenvalue weighted by molar-refractivity contribution is 6.33. The van der Waals surface area contributed by atoms with Crippen molar-refractivity contribution >= 4 is 17.4 Å². The van der Waals surface area contributed by atoms with Gasteiger partial charge in [-0.25, -0.2) is 9.97 Å². The lowest BCUT2D eigenvalue weighted by molar-refractivity contribution is 0.226. The van der Waals surface area contributed by atoms with Crippen LogP contribution >= 0.6 is 11.6 Å². The molecule has 2 N–H and O–H groups in total. The zero-order valence-electron chi connectivity index (χ0n) is 17.6. The predicted octanol–water partition coefficient (Wildman–Crippen LogP) is 3.13. The molecule has 1 fully saturated rings. The number of nitrogens with zero attached hydrogens (tertiary/aromatic N) is 4. The van der Waals surface area contributed by atoms with E-state index in [1.165, 1.54) is 0 Å². The molecule has 0 atom stereocenters. The van der Waals surface area contributed by atoms with Crippen molar-refractivity contribution in [1.29, 1.82) is 0 Å². The van der Waals surface area contributed by atoms with E-state index in [1.54, 1.807) is 6.20 Å². The van der Waals surface area contributed by atoms with Crippen LogP contribution in [0.15, 0.2) is 12.3 Å². The first-order valence-corrected chi connectivity index (χ1v) is 10.7. The van der Waals surface area contributed by atoms with Crippen LogP contribution in [0.25, 0.3) is 0 Å². The third-order valence-corrected chi connectivity index (χ3v) is 5.60. The number of rotatable bonds is 9. The smallest absolute Gasteiger partial charge is 0.149 e. The minimum atomic E-state index is 0.529. The first-order valence-electron chi connectivity index (χ1n) is 10.3. The fourth-order valence-corrected chi connectivity index (χ4v) is 3.58. The molecule has 0 spiro atoms. The number of aryl methyl sites for hydroxylation is 2. The summed E-state index contributed by atoms with van der Waals surface area (Å²) in [7, 11) is 0. The Balaban J connectivity index is 1.49.